The van der Waals surface area contributed by atoms with Gasteiger partial charge in [0, 0.05) is 38.3 Å². The predicted octanol–water partition coefficient (Wildman–Crippen LogP) is 1.07. The van der Waals surface area contributed by atoms with Gasteiger partial charge >= 0.3 is 0 Å². The number of aryl methyl sites for hydroxylation is 1. The van der Waals surface area contributed by atoms with Crippen LogP contribution in [0.1, 0.15) is 12.0 Å². The first-order valence-electron chi connectivity index (χ1n) is 8.09. The van der Waals surface area contributed by atoms with Crippen molar-refractivity contribution in [2.45, 2.75) is 12.8 Å². The zero-order chi connectivity index (χ0) is 15.1. The highest BCUT2D eigenvalue weighted by Gasteiger charge is 2.39. The van der Waals surface area contributed by atoms with Crippen molar-refractivity contribution in [3.8, 4) is 0 Å². The molecule has 0 radical (unpaired) electrons. The lowest BCUT2D eigenvalue weighted by Crippen LogP contribution is -2.44. The van der Waals surface area contributed by atoms with E-state index in [1.165, 1.54) is 0 Å². The molecule has 3 aliphatic rings. The molecule has 0 aliphatic carbocycles. The van der Waals surface area contributed by atoms with Gasteiger partial charge in [0.25, 0.3) is 0 Å². The summed E-state index contributed by atoms with van der Waals surface area (Å²) in [6.07, 6.45) is 1.28. The highest BCUT2D eigenvalue weighted by Crippen LogP contribution is 2.29. The number of carbonyl (C=O) groups excluding carboxylic acids is 2. The summed E-state index contributed by atoms with van der Waals surface area (Å²) in [6, 6.07) is 7.91. The molecule has 0 spiro atoms. The number of para-hydroxylation sites is 1. The van der Waals surface area contributed by atoms with Crippen LogP contribution in [0.3, 0.4) is 0 Å². The fourth-order valence-electron chi connectivity index (χ4n) is 3.96. The molecule has 3 heterocycles. The Morgan fingerprint density at radius 2 is 1.83 bits per heavy atom. The number of nitrogens with zero attached hydrogens (tertiary/aromatic N) is 2. The molecule has 1 aromatic carbocycles. The highest BCUT2D eigenvalue weighted by molar-refractivity contribution is 6.01. The molecule has 4 rings (SSSR count). The Hall–Kier alpha value is -1.59. The molecule has 23 heavy (non-hydrogen) atoms. The first-order chi connectivity index (χ1) is 10.7. The summed E-state index contributed by atoms with van der Waals surface area (Å²) in [6.45, 7) is 3.88. The standard InChI is InChI=1S/C17H21N3O2.ClH/c21-16-6-5-12-3-1-2-4-15(12)20(16)11-17(22)19-9-13-7-18-8-14(13)10-19;/h1-4,13-14,18H,5-11H2;1H/t13-,14+;. The van der Waals surface area contributed by atoms with Gasteiger partial charge in [0.2, 0.25) is 11.8 Å². The van der Waals surface area contributed by atoms with E-state index in [9.17, 15) is 9.59 Å². The average molecular weight is 336 g/mol. The van der Waals surface area contributed by atoms with Crippen molar-refractivity contribution in [2.75, 3.05) is 37.6 Å². The number of likely N-dealkylation sites (tertiary alicyclic amines) is 1. The van der Waals surface area contributed by atoms with Crippen LogP contribution in [0, 0.1) is 11.8 Å². The first-order valence-corrected chi connectivity index (χ1v) is 8.09. The molecule has 0 bridgehead atoms. The van der Waals surface area contributed by atoms with Gasteiger partial charge in [-0.3, -0.25) is 9.59 Å². The number of rotatable bonds is 2. The second-order valence-electron chi connectivity index (χ2n) is 6.59. The minimum atomic E-state index is 0. The van der Waals surface area contributed by atoms with Gasteiger partial charge in [0.05, 0.1) is 0 Å². The summed E-state index contributed by atoms with van der Waals surface area (Å²) in [4.78, 5) is 28.5. The Morgan fingerprint density at radius 1 is 1.13 bits per heavy atom. The molecule has 124 valence electrons. The van der Waals surface area contributed by atoms with Gasteiger partial charge in [-0.25, -0.2) is 0 Å². The molecule has 2 amide bonds. The quantitative estimate of drug-likeness (QED) is 0.879. The van der Waals surface area contributed by atoms with E-state index >= 15 is 0 Å². The molecule has 2 saturated heterocycles. The Balaban J connectivity index is 0.00000156. The third-order valence-corrected chi connectivity index (χ3v) is 5.23. The van der Waals surface area contributed by atoms with Gasteiger partial charge in [-0.2, -0.15) is 0 Å². The molecule has 3 aliphatic heterocycles. The van der Waals surface area contributed by atoms with Crippen LogP contribution in [0.2, 0.25) is 0 Å². The first kappa shape index (κ1) is 16.3. The number of carbonyl (C=O) groups is 2. The molecule has 6 heteroatoms. The van der Waals surface area contributed by atoms with Crippen molar-refractivity contribution in [2.24, 2.45) is 11.8 Å². The number of benzene rings is 1. The van der Waals surface area contributed by atoms with Crippen LogP contribution in [-0.2, 0) is 16.0 Å². The number of halogens is 1. The van der Waals surface area contributed by atoms with E-state index in [1.807, 2.05) is 29.2 Å². The number of nitrogens with one attached hydrogen (secondary N) is 1. The molecule has 2 fully saturated rings. The smallest absolute Gasteiger partial charge is 0.242 e. The van der Waals surface area contributed by atoms with E-state index in [0.717, 1.165) is 43.9 Å². The molecule has 1 N–H and O–H groups in total. The second kappa shape index (κ2) is 6.49. The van der Waals surface area contributed by atoms with Gasteiger partial charge in [-0.05, 0) is 29.9 Å². The Kier molecular flexibility index (Phi) is 4.60. The summed E-state index contributed by atoms with van der Waals surface area (Å²) >= 11 is 0. The molecule has 0 saturated carbocycles. The van der Waals surface area contributed by atoms with Crippen LogP contribution in [0.4, 0.5) is 5.69 Å². The van der Waals surface area contributed by atoms with Crippen molar-refractivity contribution in [1.82, 2.24) is 10.2 Å². The van der Waals surface area contributed by atoms with E-state index in [4.69, 9.17) is 0 Å². The molecule has 1 aromatic rings. The van der Waals surface area contributed by atoms with E-state index in [0.29, 0.717) is 18.3 Å². The number of hydrogen-bond donors (Lipinski definition) is 1. The van der Waals surface area contributed by atoms with Crippen LogP contribution in [0.15, 0.2) is 24.3 Å². The van der Waals surface area contributed by atoms with Crippen LogP contribution in [0.25, 0.3) is 0 Å². The van der Waals surface area contributed by atoms with Crippen LogP contribution in [-0.4, -0.2) is 49.4 Å². The van der Waals surface area contributed by atoms with Gasteiger partial charge < -0.3 is 15.1 Å². The summed E-state index contributed by atoms with van der Waals surface area (Å²) in [5, 5.41) is 3.38. The molecular weight excluding hydrogens is 314 g/mol. The van der Waals surface area contributed by atoms with Crippen LogP contribution in [0.5, 0.6) is 0 Å². The van der Waals surface area contributed by atoms with Gasteiger partial charge in [-0.15, -0.1) is 12.4 Å². The topological polar surface area (TPSA) is 52.7 Å². The summed E-state index contributed by atoms with van der Waals surface area (Å²) in [7, 11) is 0. The Bertz CT molecular complexity index is 610. The Morgan fingerprint density at radius 3 is 2.57 bits per heavy atom. The fourth-order valence-corrected chi connectivity index (χ4v) is 3.96. The number of anilines is 1. The summed E-state index contributed by atoms with van der Waals surface area (Å²) in [5.74, 6) is 1.33. The molecule has 2 atom stereocenters. The van der Waals surface area contributed by atoms with Crippen molar-refractivity contribution in [3.05, 3.63) is 29.8 Å². The summed E-state index contributed by atoms with van der Waals surface area (Å²) in [5.41, 5.74) is 2.07. The average Bonchev–Trinajstić information content (AvgIpc) is 3.11. The Labute approximate surface area is 142 Å². The second-order valence-corrected chi connectivity index (χ2v) is 6.59. The van der Waals surface area contributed by atoms with Gasteiger partial charge in [0.15, 0.2) is 0 Å². The zero-order valence-corrected chi connectivity index (χ0v) is 13.8. The fraction of sp³-hybridized carbons (Fsp3) is 0.529. The van der Waals surface area contributed by atoms with Crippen molar-refractivity contribution >= 4 is 29.9 Å². The molecule has 5 nitrogen and oxygen atoms in total. The maximum absolute atomic E-state index is 12.6. The monoisotopic (exact) mass is 335 g/mol. The highest BCUT2D eigenvalue weighted by atomic mass is 35.5. The molecule has 0 unspecified atom stereocenters. The van der Waals surface area contributed by atoms with E-state index in [-0.39, 0.29) is 30.8 Å². The molecule has 0 aromatic heterocycles. The number of fused-ring (bicyclic) bond motifs is 2. The van der Waals surface area contributed by atoms with Crippen molar-refractivity contribution in [3.63, 3.8) is 0 Å². The van der Waals surface area contributed by atoms with Crippen molar-refractivity contribution in [1.29, 1.82) is 0 Å². The molecular formula is C17H22ClN3O2. The third-order valence-electron chi connectivity index (χ3n) is 5.23. The maximum Gasteiger partial charge on any atom is 0.242 e. The van der Waals surface area contributed by atoms with Gasteiger partial charge in [0.1, 0.15) is 6.54 Å². The normalized spacial score (nSPS) is 25.8. The maximum atomic E-state index is 12.6. The number of amides is 2. The van der Waals surface area contributed by atoms with E-state index in [1.54, 1.807) is 4.90 Å². The summed E-state index contributed by atoms with van der Waals surface area (Å²) < 4.78 is 0. The van der Waals surface area contributed by atoms with E-state index < -0.39 is 0 Å². The largest absolute Gasteiger partial charge is 0.340 e. The SMILES string of the molecule is Cl.O=C(CN1C(=O)CCc2ccccc21)N1C[C@H]2CNC[C@H]2C1. The van der Waals surface area contributed by atoms with E-state index in [2.05, 4.69) is 5.32 Å². The van der Waals surface area contributed by atoms with Crippen LogP contribution >= 0.6 is 12.4 Å². The number of hydrogen-bond acceptors (Lipinski definition) is 3. The van der Waals surface area contributed by atoms with Gasteiger partial charge in [-0.1, -0.05) is 18.2 Å². The lowest BCUT2D eigenvalue weighted by atomic mass is 10.0. The predicted molar refractivity (Wildman–Crippen MR) is 90.8 cm³/mol. The lowest BCUT2D eigenvalue weighted by Gasteiger charge is -2.30. The minimum Gasteiger partial charge on any atom is -0.340 e. The zero-order valence-electron chi connectivity index (χ0n) is 13.0. The lowest BCUT2D eigenvalue weighted by molar-refractivity contribution is -0.130. The van der Waals surface area contributed by atoms with Crippen molar-refractivity contribution < 1.29 is 9.59 Å². The third kappa shape index (κ3) is 2.95. The van der Waals surface area contributed by atoms with Crippen LogP contribution < -0.4 is 10.2 Å². The minimum absolute atomic E-state index is 0.